The molecule has 1 saturated heterocycles. The fourth-order valence-electron chi connectivity index (χ4n) is 3.49. The van der Waals surface area contributed by atoms with Gasteiger partial charge in [0.25, 0.3) is 0 Å². The number of tetrazole rings is 1. The predicted molar refractivity (Wildman–Crippen MR) is 82.7 cm³/mol. The van der Waals surface area contributed by atoms with Gasteiger partial charge in [0.1, 0.15) is 12.9 Å². The molecular formula is C13H23ClN6O3. The number of nitrogens with two attached hydrogens (primary N) is 1. The lowest BCUT2D eigenvalue weighted by Crippen LogP contribution is -2.63. The summed E-state index contributed by atoms with van der Waals surface area (Å²) in [5, 5.41) is 20.9. The third-order valence-electron chi connectivity index (χ3n) is 4.91. The van der Waals surface area contributed by atoms with Crippen molar-refractivity contribution >= 4 is 18.3 Å². The van der Waals surface area contributed by atoms with E-state index in [2.05, 4.69) is 15.5 Å². The Balaban J connectivity index is 0.00000192. The van der Waals surface area contributed by atoms with Crippen LogP contribution in [0.2, 0.25) is 0 Å². The van der Waals surface area contributed by atoms with Gasteiger partial charge < -0.3 is 20.5 Å². The Morgan fingerprint density at radius 3 is 2.74 bits per heavy atom. The lowest BCUT2D eigenvalue weighted by atomic mass is 9.58. The summed E-state index contributed by atoms with van der Waals surface area (Å²) in [5.41, 5.74) is 5.27. The monoisotopic (exact) mass is 346 g/mol. The van der Waals surface area contributed by atoms with E-state index in [1.807, 2.05) is 0 Å². The van der Waals surface area contributed by atoms with Crippen molar-refractivity contribution in [1.82, 2.24) is 25.1 Å². The number of likely N-dealkylation sites (tertiary alicyclic amines) is 1. The van der Waals surface area contributed by atoms with Crippen LogP contribution in [0.1, 0.15) is 19.3 Å². The maximum atomic E-state index is 12.2. The van der Waals surface area contributed by atoms with E-state index >= 15 is 0 Å². The third kappa shape index (κ3) is 3.47. The van der Waals surface area contributed by atoms with Gasteiger partial charge in [0.05, 0.1) is 18.8 Å². The average molecular weight is 347 g/mol. The Hall–Kier alpha value is -1.29. The lowest BCUT2D eigenvalue weighted by Gasteiger charge is -2.56. The molecule has 2 heterocycles. The SMILES string of the molecule is Cl.NCCO[C@H]1C[C@@H](O)C12CCN(C(=O)Cn1cnnn1)CC2. The smallest absolute Gasteiger partial charge is 0.244 e. The second-order valence-corrected chi connectivity index (χ2v) is 6.02. The summed E-state index contributed by atoms with van der Waals surface area (Å²) in [6.07, 6.45) is 3.32. The number of halogens is 1. The number of nitrogens with zero attached hydrogens (tertiary/aromatic N) is 5. The molecule has 1 spiro atoms. The fourth-order valence-corrected chi connectivity index (χ4v) is 3.49. The molecule has 23 heavy (non-hydrogen) atoms. The quantitative estimate of drug-likeness (QED) is 0.688. The van der Waals surface area contributed by atoms with E-state index in [4.69, 9.17) is 10.5 Å². The first kappa shape index (κ1) is 18.1. The van der Waals surface area contributed by atoms with E-state index in [9.17, 15) is 9.90 Å². The largest absolute Gasteiger partial charge is 0.392 e. The zero-order valence-corrected chi connectivity index (χ0v) is 13.7. The van der Waals surface area contributed by atoms with Gasteiger partial charge in [-0.3, -0.25) is 4.79 Å². The van der Waals surface area contributed by atoms with Crippen molar-refractivity contribution in [3.63, 3.8) is 0 Å². The Kier molecular flexibility index (Phi) is 5.90. The summed E-state index contributed by atoms with van der Waals surface area (Å²) in [4.78, 5) is 14.0. The number of hydrogen-bond donors (Lipinski definition) is 2. The van der Waals surface area contributed by atoms with Crippen molar-refractivity contribution in [2.24, 2.45) is 11.1 Å². The van der Waals surface area contributed by atoms with Crippen molar-refractivity contribution in [2.45, 2.75) is 38.0 Å². The molecule has 1 aliphatic heterocycles. The molecule has 0 aromatic carbocycles. The van der Waals surface area contributed by atoms with E-state index < -0.39 is 0 Å². The first-order valence-electron chi connectivity index (χ1n) is 7.64. The van der Waals surface area contributed by atoms with E-state index in [1.165, 1.54) is 11.0 Å². The van der Waals surface area contributed by atoms with Gasteiger partial charge in [0.15, 0.2) is 0 Å². The maximum Gasteiger partial charge on any atom is 0.244 e. The Bertz CT molecular complexity index is 506. The summed E-state index contributed by atoms with van der Waals surface area (Å²) in [5.74, 6) is -0.00427. The lowest BCUT2D eigenvalue weighted by molar-refractivity contribution is -0.210. The van der Waals surface area contributed by atoms with Gasteiger partial charge in [-0.1, -0.05) is 0 Å². The van der Waals surface area contributed by atoms with Crippen LogP contribution in [0.4, 0.5) is 0 Å². The second-order valence-electron chi connectivity index (χ2n) is 6.02. The topological polar surface area (TPSA) is 119 Å². The van der Waals surface area contributed by atoms with Crippen LogP contribution in [0.3, 0.4) is 0 Å². The summed E-state index contributed by atoms with van der Waals surface area (Å²) in [6.45, 7) is 2.40. The van der Waals surface area contributed by atoms with Gasteiger partial charge in [0, 0.05) is 31.5 Å². The van der Waals surface area contributed by atoms with Crippen molar-refractivity contribution < 1.29 is 14.6 Å². The van der Waals surface area contributed by atoms with Crippen LogP contribution in [0.15, 0.2) is 6.33 Å². The molecule has 3 N–H and O–H groups in total. The van der Waals surface area contributed by atoms with Crippen LogP contribution in [-0.2, 0) is 16.1 Å². The van der Waals surface area contributed by atoms with Crippen molar-refractivity contribution in [2.75, 3.05) is 26.2 Å². The maximum absolute atomic E-state index is 12.2. The normalized spacial score (nSPS) is 25.7. The summed E-state index contributed by atoms with van der Waals surface area (Å²) < 4.78 is 7.17. The molecule has 2 atom stereocenters. The molecule has 1 aromatic rings. The number of aliphatic hydroxyl groups is 1. The van der Waals surface area contributed by atoms with Crippen molar-refractivity contribution in [1.29, 1.82) is 0 Å². The van der Waals surface area contributed by atoms with E-state index in [1.54, 1.807) is 4.90 Å². The van der Waals surface area contributed by atoms with Gasteiger partial charge >= 0.3 is 0 Å². The third-order valence-corrected chi connectivity index (χ3v) is 4.91. The molecular weight excluding hydrogens is 324 g/mol. The highest BCUT2D eigenvalue weighted by Crippen LogP contribution is 2.50. The Labute approximate surface area is 140 Å². The number of aromatic nitrogens is 4. The minimum Gasteiger partial charge on any atom is -0.392 e. The molecule has 1 amide bonds. The molecule has 0 radical (unpaired) electrons. The van der Waals surface area contributed by atoms with Gasteiger partial charge in [-0.2, -0.15) is 0 Å². The van der Waals surface area contributed by atoms with Gasteiger partial charge in [-0.25, -0.2) is 4.68 Å². The zero-order chi connectivity index (χ0) is 15.6. The minimum atomic E-state index is -0.341. The molecule has 1 saturated carbocycles. The van der Waals surface area contributed by atoms with Crippen LogP contribution >= 0.6 is 12.4 Å². The van der Waals surface area contributed by atoms with Gasteiger partial charge in [0.2, 0.25) is 5.91 Å². The molecule has 9 nitrogen and oxygen atoms in total. The highest BCUT2D eigenvalue weighted by atomic mass is 35.5. The zero-order valence-electron chi connectivity index (χ0n) is 12.9. The average Bonchev–Trinajstić information content (AvgIpc) is 3.04. The number of carbonyl (C=O) groups is 1. The van der Waals surface area contributed by atoms with Crippen LogP contribution in [-0.4, -0.2) is 74.6 Å². The predicted octanol–water partition coefficient (Wildman–Crippen LogP) is -1.19. The summed E-state index contributed by atoms with van der Waals surface area (Å²) in [6, 6.07) is 0. The first-order chi connectivity index (χ1) is 10.7. The van der Waals surface area contributed by atoms with E-state index in [0.717, 1.165) is 12.8 Å². The number of piperidine rings is 1. The molecule has 2 fully saturated rings. The standard InChI is InChI=1S/C13H22N6O3.ClH/c14-3-6-22-11-7-10(20)13(11)1-4-18(5-2-13)12(21)8-19-9-15-16-17-19;/h9-11,20H,1-8,14H2;1H/t10-,11+;/m1./s1. The molecule has 0 bridgehead atoms. The molecule has 3 rings (SSSR count). The molecule has 1 aliphatic carbocycles. The van der Waals surface area contributed by atoms with Crippen molar-refractivity contribution in [3.8, 4) is 0 Å². The Morgan fingerprint density at radius 1 is 1.43 bits per heavy atom. The van der Waals surface area contributed by atoms with E-state index in [-0.39, 0.29) is 42.5 Å². The minimum absolute atomic E-state index is 0. The molecule has 130 valence electrons. The van der Waals surface area contributed by atoms with Crippen LogP contribution in [0, 0.1) is 5.41 Å². The highest BCUT2D eigenvalue weighted by Gasteiger charge is 2.56. The van der Waals surface area contributed by atoms with E-state index in [0.29, 0.717) is 32.7 Å². The Morgan fingerprint density at radius 2 is 2.17 bits per heavy atom. The number of amides is 1. The van der Waals surface area contributed by atoms with Gasteiger partial charge in [-0.15, -0.1) is 17.5 Å². The molecule has 2 aliphatic rings. The number of hydrogen-bond acceptors (Lipinski definition) is 7. The molecule has 0 unspecified atom stereocenters. The number of aliphatic hydroxyl groups excluding tert-OH is 1. The first-order valence-corrected chi connectivity index (χ1v) is 7.64. The summed E-state index contributed by atoms with van der Waals surface area (Å²) >= 11 is 0. The summed E-state index contributed by atoms with van der Waals surface area (Å²) in [7, 11) is 0. The highest BCUT2D eigenvalue weighted by molar-refractivity contribution is 5.85. The fraction of sp³-hybridized carbons (Fsp3) is 0.846. The van der Waals surface area contributed by atoms with Crippen molar-refractivity contribution in [3.05, 3.63) is 6.33 Å². The molecule has 1 aromatic heterocycles. The van der Waals surface area contributed by atoms with Gasteiger partial charge in [-0.05, 0) is 23.3 Å². The molecule has 10 heteroatoms. The van der Waals surface area contributed by atoms with Crippen LogP contribution in [0.25, 0.3) is 0 Å². The number of ether oxygens (including phenoxy) is 1. The number of carbonyl (C=O) groups excluding carboxylic acids is 1. The second kappa shape index (κ2) is 7.52. The van der Waals surface area contributed by atoms with Crippen LogP contribution < -0.4 is 5.73 Å². The van der Waals surface area contributed by atoms with Crippen LogP contribution in [0.5, 0.6) is 0 Å². The number of rotatable bonds is 5.